The van der Waals surface area contributed by atoms with Gasteiger partial charge in [0.1, 0.15) is 0 Å². The molecule has 0 spiro atoms. The number of aliphatic hydroxyl groups excluding tert-OH is 1. The lowest BCUT2D eigenvalue weighted by molar-refractivity contribution is 0.100. The van der Waals surface area contributed by atoms with Crippen molar-refractivity contribution in [1.29, 1.82) is 0 Å². The molecular weight excluding hydrogens is 198 g/mol. The van der Waals surface area contributed by atoms with Crippen LogP contribution in [0.1, 0.15) is 44.9 Å². The zero-order chi connectivity index (χ0) is 11.2. The van der Waals surface area contributed by atoms with Crippen molar-refractivity contribution in [3.63, 3.8) is 0 Å². The number of hydrogen-bond donors (Lipinski definition) is 2. The molecule has 0 radical (unpaired) electrons. The van der Waals surface area contributed by atoms with Crippen LogP contribution >= 0.6 is 0 Å². The zero-order valence-corrected chi connectivity index (χ0v) is 10.2. The molecule has 2 rings (SSSR count). The molecular formula is C14H25NO. The summed E-state index contributed by atoms with van der Waals surface area (Å²) >= 11 is 0. The van der Waals surface area contributed by atoms with Crippen LogP contribution in [0.25, 0.3) is 0 Å². The van der Waals surface area contributed by atoms with E-state index in [9.17, 15) is 5.11 Å². The van der Waals surface area contributed by atoms with Gasteiger partial charge in [-0.2, -0.15) is 0 Å². The Balaban J connectivity index is 1.58. The third-order valence-electron chi connectivity index (χ3n) is 4.00. The first-order valence-corrected chi connectivity index (χ1v) is 6.88. The Morgan fingerprint density at radius 3 is 2.69 bits per heavy atom. The molecule has 1 saturated carbocycles. The first kappa shape index (κ1) is 12.1. The highest BCUT2D eigenvalue weighted by molar-refractivity contribution is 4.90. The van der Waals surface area contributed by atoms with Crippen molar-refractivity contribution in [2.24, 2.45) is 11.8 Å². The first-order valence-electron chi connectivity index (χ1n) is 6.88. The third kappa shape index (κ3) is 3.91. The summed E-state index contributed by atoms with van der Waals surface area (Å²) in [5, 5.41) is 13.2. The molecule has 92 valence electrons. The summed E-state index contributed by atoms with van der Waals surface area (Å²) < 4.78 is 0. The summed E-state index contributed by atoms with van der Waals surface area (Å²) in [5.41, 5.74) is 0. The molecule has 0 aromatic carbocycles. The van der Waals surface area contributed by atoms with Crippen molar-refractivity contribution < 1.29 is 5.11 Å². The average molecular weight is 223 g/mol. The Bertz CT molecular complexity index is 227. The van der Waals surface area contributed by atoms with Gasteiger partial charge in [-0.3, -0.25) is 0 Å². The molecule has 0 heterocycles. The van der Waals surface area contributed by atoms with E-state index in [1.54, 1.807) is 0 Å². The first-order chi connectivity index (χ1) is 7.84. The fourth-order valence-corrected chi connectivity index (χ4v) is 2.98. The number of allylic oxidation sites excluding steroid dienone is 2. The maximum Gasteiger partial charge on any atom is 0.0543 e. The minimum atomic E-state index is -0.0295. The summed E-state index contributed by atoms with van der Waals surface area (Å²) in [6, 6.07) is 0. The zero-order valence-electron chi connectivity index (χ0n) is 10.2. The van der Waals surface area contributed by atoms with Gasteiger partial charge in [-0.15, -0.1) is 0 Å². The van der Waals surface area contributed by atoms with Crippen molar-refractivity contribution in [2.75, 3.05) is 13.1 Å². The topological polar surface area (TPSA) is 32.3 Å². The Kier molecular flexibility index (Phi) is 4.86. The molecule has 0 aromatic heterocycles. The lowest BCUT2D eigenvalue weighted by Gasteiger charge is -2.27. The van der Waals surface area contributed by atoms with Crippen LogP contribution < -0.4 is 5.32 Å². The number of aliphatic hydroxyl groups is 1. The van der Waals surface area contributed by atoms with E-state index in [1.165, 1.54) is 32.1 Å². The summed E-state index contributed by atoms with van der Waals surface area (Å²) in [6.07, 6.45) is 13.0. The highest BCUT2D eigenvalue weighted by Crippen LogP contribution is 2.23. The number of nitrogens with one attached hydrogen (secondary N) is 1. The molecule has 3 unspecified atom stereocenters. The van der Waals surface area contributed by atoms with Gasteiger partial charge in [-0.05, 0) is 63.5 Å². The monoisotopic (exact) mass is 223 g/mol. The SMILES string of the molecule is OC1CCCC(CNCC2CC=CCC2)C1. The van der Waals surface area contributed by atoms with Crippen molar-refractivity contribution in [2.45, 2.75) is 51.0 Å². The van der Waals surface area contributed by atoms with Crippen LogP contribution in [0.2, 0.25) is 0 Å². The molecule has 1 fully saturated rings. The molecule has 2 aliphatic carbocycles. The second kappa shape index (κ2) is 6.41. The molecule has 0 aliphatic heterocycles. The largest absolute Gasteiger partial charge is 0.393 e. The Morgan fingerprint density at radius 1 is 1.06 bits per heavy atom. The van der Waals surface area contributed by atoms with E-state index in [-0.39, 0.29) is 6.10 Å². The quantitative estimate of drug-likeness (QED) is 0.718. The van der Waals surface area contributed by atoms with Crippen molar-refractivity contribution >= 4 is 0 Å². The van der Waals surface area contributed by atoms with Gasteiger partial charge in [0.2, 0.25) is 0 Å². The minimum absolute atomic E-state index is 0.0295. The van der Waals surface area contributed by atoms with Crippen LogP contribution in [0.15, 0.2) is 12.2 Å². The van der Waals surface area contributed by atoms with Crippen LogP contribution in [0.4, 0.5) is 0 Å². The van der Waals surface area contributed by atoms with Gasteiger partial charge in [-0.25, -0.2) is 0 Å². The van der Waals surface area contributed by atoms with Gasteiger partial charge in [-0.1, -0.05) is 18.6 Å². The number of hydrogen-bond acceptors (Lipinski definition) is 2. The smallest absolute Gasteiger partial charge is 0.0543 e. The molecule has 0 bridgehead atoms. The van der Waals surface area contributed by atoms with Gasteiger partial charge < -0.3 is 10.4 Å². The summed E-state index contributed by atoms with van der Waals surface area (Å²) in [7, 11) is 0. The predicted octanol–water partition coefficient (Wildman–Crippen LogP) is 2.48. The standard InChI is InChI=1S/C14H25NO/c16-14-8-4-7-13(9-14)11-15-10-12-5-2-1-3-6-12/h1-2,12-16H,3-11H2. The molecule has 2 nitrogen and oxygen atoms in total. The van der Waals surface area contributed by atoms with Crippen LogP contribution in [0.5, 0.6) is 0 Å². The number of rotatable bonds is 4. The lowest BCUT2D eigenvalue weighted by Crippen LogP contribution is -2.32. The van der Waals surface area contributed by atoms with E-state index in [0.29, 0.717) is 5.92 Å². The fourth-order valence-electron chi connectivity index (χ4n) is 2.98. The van der Waals surface area contributed by atoms with Crippen LogP contribution in [-0.2, 0) is 0 Å². The summed E-state index contributed by atoms with van der Waals surface area (Å²) in [4.78, 5) is 0. The summed E-state index contributed by atoms with van der Waals surface area (Å²) in [6.45, 7) is 2.27. The van der Waals surface area contributed by atoms with E-state index in [4.69, 9.17) is 0 Å². The van der Waals surface area contributed by atoms with E-state index in [1.807, 2.05) is 0 Å². The predicted molar refractivity (Wildman–Crippen MR) is 67.3 cm³/mol. The minimum Gasteiger partial charge on any atom is -0.393 e. The van der Waals surface area contributed by atoms with E-state index >= 15 is 0 Å². The van der Waals surface area contributed by atoms with E-state index < -0.39 is 0 Å². The van der Waals surface area contributed by atoms with Crippen molar-refractivity contribution in [3.05, 3.63) is 12.2 Å². The molecule has 0 saturated heterocycles. The van der Waals surface area contributed by atoms with E-state index in [0.717, 1.165) is 31.8 Å². The molecule has 0 aromatic rings. The fraction of sp³-hybridized carbons (Fsp3) is 0.857. The van der Waals surface area contributed by atoms with Crippen molar-refractivity contribution in [1.82, 2.24) is 5.32 Å². The molecule has 16 heavy (non-hydrogen) atoms. The van der Waals surface area contributed by atoms with Crippen LogP contribution in [0, 0.1) is 11.8 Å². The highest BCUT2D eigenvalue weighted by atomic mass is 16.3. The van der Waals surface area contributed by atoms with Gasteiger partial charge >= 0.3 is 0 Å². The summed E-state index contributed by atoms with van der Waals surface area (Å²) in [5.74, 6) is 1.56. The van der Waals surface area contributed by atoms with Crippen LogP contribution in [-0.4, -0.2) is 24.3 Å². The normalized spacial score (nSPS) is 35.2. The molecule has 2 heteroatoms. The molecule has 2 aliphatic rings. The van der Waals surface area contributed by atoms with Gasteiger partial charge in [0.05, 0.1) is 6.10 Å². The lowest BCUT2D eigenvalue weighted by atomic mass is 9.87. The average Bonchev–Trinajstić information content (AvgIpc) is 2.30. The Morgan fingerprint density at radius 2 is 1.94 bits per heavy atom. The second-order valence-electron chi connectivity index (χ2n) is 5.50. The molecule has 3 atom stereocenters. The third-order valence-corrected chi connectivity index (χ3v) is 4.00. The van der Waals surface area contributed by atoms with Gasteiger partial charge in [0, 0.05) is 0 Å². The Labute approximate surface area is 99.1 Å². The van der Waals surface area contributed by atoms with Crippen molar-refractivity contribution in [3.8, 4) is 0 Å². The Hall–Kier alpha value is -0.340. The maximum absolute atomic E-state index is 9.59. The second-order valence-corrected chi connectivity index (χ2v) is 5.50. The van der Waals surface area contributed by atoms with Gasteiger partial charge in [0.25, 0.3) is 0 Å². The van der Waals surface area contributed by atoms with Gasteiger partial charge in [0.15, 0.2) is 0 Å². The maximum atomic E-state index is 9.59. The molecule has 0 amide bonds. The van der Waals surface area contributed by atoms with Crippen LogP contribution in [0.3, 0.4) is 0 Å². The highest BCUT2D eigenvalue weighted by Gasteiger charge is 2.20. The molecule has 2 N–H and O–H groups in total. The van der Waals surface area contributed by atoms with E-state index in [2.05, 4.69) is 17.5 Å².